The largest absolute Gasteiger partial charge is 0.314 e. The predicted molar refractivity (Wildman–Crippen MR) is 95.2 cm³/mol. The Morgan fingerprint density at radius 3 is 2.52 bits per heavy atom. The van der Waals surface area contributed by atoms with Crippen LogP contribution in [0.15, 0.2) is 35.3 Å². The zero-order valence-electron chi connectivity index (χ0n) is 11.9. The van der Waals surface area contributed by atoms with E-state index in [4.69, 9.17) is 0 Å². The van der Waals surface area contributed by atoms with Crippen molar-refractivity contribution in [1.82, 2.24) is 10.2 Å². The molecule has 1 atom stereocenters. The van der Waals surface area contributed by atoms with Crippen molar-refractivity contribution in [2.75, 3.05) is 26.2 Å². The maximum absolute atomic E-state index is 13.6. The van der Waals surface area contributed by atoms with Gasteiger partial charge >= 0.3 is 0 Å². The van der Waals surface area contributed by atoms with Gasteiger partial charge in [0.2, 0.25) is 0 Å². The van der Waals surface area contributed by atoms with Crippen LogP contribution in [0.2, 0.25) is 0 Å². The van der Waals surface area contributed by atoms with Crippen molar-refractivity contribution in [2.24, 2.45) is 0 Å². The van der Waals surface area contributed by atoms with Gasteiger partial charge in [0, 0.05) is 36.7 Å². The number of piperazine rings is 1. The van der Waals surface area contributed by atoms with Gasteiger partial charge in [0.15, 0.2) is 0 Å². The van der Waals surface area contributed by atoms with E-state index >= 15 is 0 Å². The Hall–Kier alpha value is -0.130. The highest BCUT2D eigenvalue weighted by molar-refractivity contribution is 9.10. The second kappa shape index (κ2) is 10.6. The lowest BCUT2D eigenvalue weighted by atomic mass is 9.99. The SMILES string of the molecule is C=CCC[C@@H](c1cc(F)cc(Br)c1)N1CCNCC1.Cl.Cl. The minimum absolute atomic E-state index is 0. The first kappa shape index (κ1) is 20.9. The van der Waals surface area contributed by atoms with Crippen LogP contribution >= 0.6 is 40.7 Å². The standard InChI is InChI=1S/C15H20BrFN2.2ClH/c1-2-3-4-15(19-7-5-18-6-8-19)12-9-13(16)11-14(17)10-12;;/h2,9-11,15,18H,1,3-8H2;2*1H/t15-;;/m0../s1. The normalized spacial score (nSPS) is 16.5. The fraction of sp³-hybridized carbons (Fsp3) is 0.467. The van der Waals surface area contributed by atoms with Crippen LogP contribution in [0.25, 0.3) is 0 Å². The minimum atomic E-state index is -0.178. The number of rotatable bonds is 5. The summed E-state index contributed by atoms with van der Waals surface area (Å²) in [6, 6.07) is 5.46. The molecule has 120 valence electrons. The molecule has 6 heteroatoms. The number of halogens is 4. The van der Waals surface area contributed by atoms with E-state index in [0.29, 0.717) is 0 Å². The van der Waals surface area contributed by atoms with Crippen molar-refractivity contribution in [3.05, 3.63) is 46.7 Å². The Balaban J connectivity index is 0.00000200. The van der Waals surface area contributed by atoms with Crippen LogP contribution in [-0.4, -0.2) is 31.1 Å². The van der Waals surface area contributed by atoms with Crippen molar-refractivity contribution in [3.8, 4) is 0 Å². The molecule has 1 aliphatic rings. The van der Waals surface area contributed by atoms with Gasteiger partial charge in [0.05, 0.1) is 0 Å². The monoisotopic (exact) mass is 398 g/mol. The summed E-state index contributed by atoms with van der Waals surface area (Å²) in [6.07, 6.45) is 3.87. The Kier molecular flexibility index (Phi) is 10.5. The topological polar surface area (TPSA) is 15.3 Å². The third-order valence-electron chi connectivity index (χ3n) is 3.51. The van der Waals surface area contributed by atoms with Gasteiger partial charge in [-0.15, -0.1) is 31.4 Å². The van der Waals surface area contributed by atoms with Gasteiger partial charge in [-0.2, -0.15) is 0 Å². The molecule has 0 radical (unpaired) electrons. The third-order valence-corrected chi connectivity index (χ3v) is 3.96. The summed E-state index contributed by atoms with van der Waals surface area (Å²) in [6.45, 7) is 7.81. The van der Waals surface area contributed by atoms with Crippen LogP contribution in [-0.2, 0) is 0 Å². The van der Waals surface area contributed by atoms with Crippen molar-refractivity contribution in [1.29, 1.82) is 0 Å². The molecule has 0 spiro atoms. The summed E-state index contributed by atoms with van der Waals surface area (Å²) in [5, 5.41) is 3.35. The smallest absolute Gasteiger partial charge is 0.124 e. The molecule has 0 amide bonds. The number of nitrogens with zero attached hydrogens (tertiary/aromatic N) is 1. The van der Waals surface area contributed by atoms with E-state index < -0.39 is 0 Å². The van der Waals surface area contributed by atoms with Gasteiger partial charge in [-0.05, 0) is 36.6 Å². The van der Waals surface area contributed by atoms with Crippen molar-refractivity contribution >= 4 is 40.7 Å². The lowest BCUT2D eigenvalue weighted by Gasteiger charge is -2.35. The number of allylic oxidation sites excluding steroid dienone is 1. The van der Waals surface area contributed by atoms with Gasteiger partial charge < -0.3 is 5.32 Å². The van der Waals surface area contributed by atoms with Crippen LogP contribution in [0, 0.1) is 5.82 Å². The second-order valence-corrected chi connectivity index (χ2v) is 5.79. The van der Waals surface area contributed by atoms with E-state index in [1.165, 1.54) is 6.07 Å². The van der Waals surface area contributed by atoms with E-state index in [-0.39, 0.29) is 36.7 Å². The maximum atomic E-state index is 13.6. The molecule has 1 fully saturated rings. The van der Waals surface area contributed by atoms with E-state index in [1.54, 1.807) is 6.07 Å². The molecule has 1 heterocycles. The van der Waals surface area contributed by atoms with Gasteiger partial charge in [0.25, 0.3) is 0 Å². The first-order valence-electron chi connectivity index (χ1n) is 6.72. The molecule has 0 unspecified atom stereocenters. The first-order valence-corrected chi connectivity index (χ1v) is 7.51. The Morgan fingerprint density at radius 1 is 1.29 bits per heavy atom. The molecule has 1 saturated heterocycles. The van der Waals surface area contributed by atoms with Crippen molar-refractivity contribution < 1.29 is 4.39 Å². The van der Waals surface area contributed by atoms with Crippen molar-refractivity contribution in [3.63, 3.8) is 0 Å². The molecule has 1 aromatic rings. The van der Waals surface area contributed by atoms with Crippen LogP contribution in [0.4, 0.5) is 4.39 Å². The molecule has 0 saturated carbocycles. The Bertz CT molecular complexity index is 419. The summed E-state index contributed by atoms with van der Waals surface area (Å²) in [5.41, 5.74) is 1.05. The summed E-state index contributed by atoms with van der Waals surface area (Å²) in [5.74, 6) is -0.178. The molecular weight excluding hydrogens is 378 g/mol. The highest BCUT2D eigenvalue weighted by Crippen LogP contribution is 2.29. The molecule has 1 N–H and O–H groups in total. The van der Waals surface area contributed by atoms with Crippen LogP contribution in [0.1, 0.15) is 24.4 Å². The number of hydrogen-bond acceptors (Lipinski definition) is 2. The zero-order chi connectivity index (χ0) is 13.7. The predicted octanol–water partition coefficient (Wildman–Crippen LogP) is 4.34. The molecule has 21 heavy (non-hydrogen) atoms. The average molecular weight is 400 g/mol. The van der Waals surface area contributed by atoms with E-state index in [9.17, 15) is 4.39 Å². The molecule has 2 rings (SSSR count). The van der Waals surface area contributed by atoms with Gasteiger partial charge in [-0.25, -0.2) is 4.39 Å². The number of hydrogen-bond donors (Lipinski definition) is 1. The quantitative estimate of drug-likeness (QED) is 0.740. The minimum Gasteiger partial charge on any atom is -0.314 e. The van der Waals surface area contributed by atoms with E-state index in [1.807, 2.05) is 12.1 Å². The van der Waals surface area contributed by atoms with Gasteiger partial charge in [0.1, 0.15) is 5.82 Å². The molecular formula is C15H22BrCl2FN2. The molecule has 2 nitrogen and oxygen atoms in total. The molecule has 0 bridgehead atoms. The molecule has 1 aromatic carbocycles. The highest BCUT2D eigenvalue weighted by Gasteiger charge is 2.22. The molecule has 1 aliphatic heterocycles. The van der Waals surface area contributed by atoms with Gasteiger partial charge in [-0.3, -0.25) is 4.90 Å². The lowest BCUT2D eigenvalue weighted by Crippen LogP contribution is -2.45. The van der Waals surface area contributed by atoms with E-state index in [2.05, 4.69) is 32.7 Å². The average Bonchev–Trinajstić information content (AvgIpc) is 2.39. The molecule has 0 aromatic heterocycles. The zero-order valence-corrected chi connectivity index (χ0v) is 15.1. The summed E-state index contributed by atoms with van der Waals surface area (Å²) < 4.78 is 14.4. The first-order chi connectivity index (χ1) is 9.20. The maximum Gasteiger partial charge on any atom is 0.124 e. The highest BCUT2D eigenvalue weighted by atomic mass is 79.9. The number of benzene rings is 1. The summed E-state index contributed by atoms with van der Waals surface area (Å²) >= 11 is 3.38. The number of nitrogens with one attached hydrogen (secondary N) is 1. The lowest BCUT2D eigenvalue weighted by molar-refractivity contribution is 0.166. The second-order valence-electron chi connectivity index (χ2n) is 4.87. The fourth-order valence-corrected chi connectivity index (χ4v) is 3.08. The molecule has 0 aliphatic carbocycles. The van der Waals surface area contributed by atoms with Crippen molar-refractivity contribution in [2.45, 2.75) is 18.9 Å². The van der Waals surface area contributed by atoms with E-state index in [0.717, 1.165) is 49.1 Å². The Morgan fingerprint density at radius 2 is 1.95 bits per heavy atom. The fourth-order valence-electron chi connectivity index (χ4n) is 2.60. The Labute approximate surface area is 147 Å². The summed E-state index contributed by atoms with van der Waals surface area (Å²) in [7, 11) is 0. The van der Waals surface area contributed by atoms with Crippen LogP contribution in [0.5, 0.6) is 0 Å². The summed E-state index contributed by atoms with van der Waals surface area (Å²) in [4.78, 5) is 2.43. The van der Waals surface area contributed by atoms with Crippen LogP contribution < -0.4 is 5.32 Å². The third kappa shape index (κ3) is 6.25. The van der Waals surface area contributed by atoms with Crippen LogP contribution in [0.3, 0.4) is 0 Å². The van der Waals surface area contributed by atoms with Gasteiger partial charge in [-0.1, -0.05) is 22.0 Å².